The van der Waals surface area contributed by atoms with Crippen LogP contribution in [0.15, 0.2) is 140 Å². The van der Waals surface area contributed by atoms with Crippen molar-refractivity contribution in [3.8, 4) is 33.4 Å². The number of rotatable bonds is 6. The summed E-state index contributed by atoms with van der Waals surface area (Å²) in [5.74, 6) is 0.692. The first-order valence-corrected chi connectivity index (χ1v) is 17.4. The third kappa shape index (κ3) is 5.28. The summed E-state index contributed by atoms with van der Waals surface area (Å²) >= 11 is 0. The van der Waals surface area contributed by atoms with Gasteiger partial charge in [-0.1, -0.05) is 136 Å². The van der Waals surface area contributed by atoms with Crippen LogP contribution in [0.5, 0.6) is 0 Å². The molecule has 0 bridgehead atoms. The topological polar surface area (TPSA) is 3.24 Å². The summed E-state index contributed by atoms with van der Waals surface area (Å²) in [6.45, 7) is 7.00. The molecule has 0 saturated heterocycles. The van der Waals surface area contributed by atoms with Crippen LogP contribution >= 0.6 is 0 Å². The van der Waals surface area contributed by atoms with Crippen molar-refractivity contribution in [1.82, 2.24) is 0 Å². The highest BCUT2D eigenvalue weighted by atomic mass is 15.1. The average Bonchev–Trinajstić information content (AvgIpc) is 3.36. The second kappa shape index (κ2) is 12.0. The summed E-state index contributed by atoms with van der Waals surface area (Å²) in [6, 6.07) is 52.0. The summed E-state index contributed by atoms with van der Waals surface area (Å²) in [6.07, 6.45) is 6.71. The maximum atomic E-state index is 2.45. The van der Waals surface area contributed by atoms with Crippen molar-refractivity contribution >= 4 is 17.1 Å². The molecule has 6 aromatic rings. The molecule has 0 heterocycles. The van der Waals surface area contributed by atoms with Gasteiger partial charge >= 0.3 is 0 Å². The lowest BCUT2D eigenvalue weighted by Crippen LogP contribution is -2.16. The highest BCUT2D eigenvalue weighted by molar-refractivity contribution is 5.88. The summed E-state index contributed by atoms with van der Waals surface area (Å²) in [4.78, 5) is 2.45. The molecule has 0 atom stereocenters. The van der Waals surface area contributed by atoms with E-state index in [4.69, 9.17) is 0 Å². The Morgan fingerprint density at radius 2 is 1.11 bits per heavy atom. The zero-order chi connectivity index (χ0) is 32.0. The van der Waals surface area contributed by atoms with Gasteiger partial charge in [0.25, 0.3) is 0 Å². The van der Waals surface area contributed by atoms with E-state index in [1.54, 1.807) is 0 Å². The van der Waals surface area contributed by atoms with Crippen LogP contribution in [0, 0.1) is 6.92 Å². The Morgan fingerprint density at radius 1 is 0.511 bits per heavy atom. The fraction of sp³-hybridized carbons (Fsp3) is 0.217. The van der Waals surface area contributed by atoms with Gasteiger partial charge in [-0.05, 0) is 118 Å². The Labute approximate surface area is 280 Å². The molecule has 0 aliphatic heterocycles. The molecule has 8 rings (SSSR count). The van der Waals surface area contributed by atoms with Gasteiger partial charge < -0.3 is 4.90 Å². The molecule has 0 N–H and O–H groups in total. The minimum Gasteiger partial charge on any atom is -0.310 e. The van der Waals surface area contributed by atoms with Gasteiger partial charge in [0.1, 0.15) is 0 Å². The second-order valence-electron chi connectivity index (χ2n) is 14.1. The second-order valence-corrected chi connectivity index (χ2v) is 14.1. The van der Waals surface area contributed by atoms with E-state index >= 15 is 0 Å². The summed E-state index contributed by atoms with van der Waals surface area (Å²) in [5, 5.41) is 0. The Balaban J connectivity index is 1.22. The molecule has 2 aliphatic rings. The number of nitrogens with zero attached hydrogens (tertiary/aromatic N) is 1. The molecule has 2 aliphatic carbocycles. The zero-order valence-corrected chi connectivity index (χ0v) is 27.8. The predicted molar refractivity (Wildman–Crippen MR) is 200 cm³/mol. The van der Waals surface area contributed by atoms with Gasteiger partial charge in [0, 0.05) is 22.5 Å². The Morgan fingerprint density at radius 3 is 1.79 bits per heavy atom. The van der Waals surface area contributed by atoms with E-state index in [0.717, 1.165) is 0 Å². The minimum atomic E-state index is -0.0613. The van der Waals surface area contributed by atoms with E-state index < -0.39 is 0 Å². The fourth-order valence-electron chi connectivity index (χ4n) is 8.27. The monoisotopic (exact) mass is 609 g/mol. The molecule has 0 radical (unpaired) electrons. The molecule has 1 heteroatoms. The molecule has 1 fully saturated rings. The van der Waals surface area contributed by atoms with E-state index in [2.05, 4.69) is 165 Å². The first kappa shape index (κ1) is 29.5. The average molecular weight is 610 g/mol. The lowest BCUT2D eigenvalue weighted by molar-refractivity contribution is 0.443. The van der Waals surface area contributed by atoms with Crippen LogP contribution in [0.25, 0.3) is 33.4 Å². The molecule has 232 valence electrons. The van der Waals surface area contributed by atoms with Crippen LogP contribution in [0.3, 0.4) is 0 Å². The van der Waals surface area contributed by atoms with E-state index in [1.165, 1.54) is 105 Å². The van der Waals surface area contributed by atoms with Crippen molar-refractivity contribution in [3.05, 3.63) is 162 Å². The standard InChI is InChI=1S/C46H43N/c1-32-13-12-20-43-45(32)42-30-29-39(31-44(42)46(43,2)3)47(37-25-21-34(22-26-37)33-14-6-4-7-15-33)38-27-23-36(24-28-38)41-19-11-10-18-40(41)35-16-8-5-9-17-35/h5,8-13,16-31,33H,4,6-7,14-15H2,1-3H3. The Kier molecular flexibility index (Phi) is 7.57. The highest BCUT2D eigenvalue weighted by Crippen LogP contribution is 2.52. The van der Waals surface area contributed by atoms with Crippen molar-refractivity contribution in [2.75, 3.05) is 4.90 Å². The molecule has 0 aromatic heterocycles. The first-order chi connectivity index (χ1) is 23.0. The summed E-state index contributed by atoms with van der Waals surface area (Å²) in [5.41, 5.74) is 16.9. The minimum absolute atomic E-state index is 0.0613. The van der Waals surface area contributed by atoms with Crippen molar-refractivity contribution in [1.29, 1.82) is 0 Å². The molecule has 0 spiro atoms. The van der Waals surface area contributed by atoms with Crippen LogP contribution < -0.4 is 4.90 Å². The summed E-state index contributed by atoms with van der Waals surface area (Å²) in [7, 11) is 0. The van der Waals surface area contributed by atoms with Crippen molar-refractivity contribution in [3.63, 3.8) is 0 Å². The largest absolute Gasteiger partial charge is 0.310 e. The molecular formula is C46H43N. The number of anilines is 3. The zero-order valence-electron chi connectivity index (χ0n) is 27.8. The maximum absolute atomic E-state index is 2.45. The lowest BCUT2D eigenvalue weighted by Gasteiger charge is -2.29. The van der Waals surface area contributed by atoms with Crippen LogP contribution in [0.1, 0.15) is 74.1 Å². The Hall–Kier alpha value is -4.88. The number of benzene rings is 6. The maximum Gasteiger partial charge on any atom is 0.0465 e. The van der Waals surface area contributed by atoms with E-state index in [9.17, 15) is 0 Å². The Bertz CT molecular complexity index is 2030. The first-order valence-electron chi connectivity index (χ1n) is 17.4. The van der Waals surface area contributed by atoms with Gasteiger partial charge in [0.05, 0.1) is 0 Å². The van der Waals surface area contributed by atoms with Gasteiger partial charge in [-0.15, -0.1) is 0 Å². The van der Waals surface area contributed by atoms with Crippen LogP contribution in [-0.4, -0.2) is 0 Å². The third-order valence-corrected chi connectivity index (χ3v) is 10.8. The van der Waals surface area contributed by atoms with E-state index in [1.807, 2.05) is 0 Å². The van der Waals surface area contributed by atoms with Gasteiger partial charge in [-0.2, -0.15) is 0 Å². The molecule has 1 saturated carbocycles. The quantitative estimate of drug-likeness (QED) is 0.182. The van der Waals surface area contributed by atoms with Crippen molar-refractivity contribution in [2.45, 2.75) is 64.2 Å². The number of aryl methyl sites for hydroxylation is 1. The van der Waals surface area contributed by atoms with Crippen LogP contribution in [0.4, 0.5) is 17.1 Å². The molecular weight excluding hydrogens is 567 g/mol. The normalized spacial score (nSPS) is 15.2. The fourth-order valence-corrected chi connectivity index (χ4v) is 8.27. The molecule has 6 aromatic carbocycles. The van der Waals surface area contributed by atoms with Gasteiger partial charge in [0.2, 0.25) is 0 Å². The van der Waals surface area contributed by atoms with Gasteiger partial charge in [0.15, 0.2) is 0 Å². The lowest BCUT2D eigenvalue weighted by atomic mass is 9.82. The van der Waals surface area contributed by atoms with Crippen LogP contribution in [-0.2, 0) is 5.41 Å². The van der Waals surface area contributed by atoms with Crippen molar-refractivity contribution in [2.24, 2.45) is 0 Å². The summed E-state index contributed by atoms with van der Waals surface area (Å²) < 4.78 is 0. The van der Waals surface area contributed by atoms with Gasteiger partial charge in [-0.3, -0.25) is 0 Å². The molecule has 0 unspecified atom stereocenters. The van der Waals surface area contributed by atoms with Gasteiger partial charge in [-0.25, -0.2) is 0 Å². The smallest absolute Gasteiger partial charge is 0.0465 e. The number of fused-ring (bicyclic) bond motifs is 3. The van der Waals surface area contributed by atoms with Crippen molar-refractivity contribution < 1.29 is 0 Å². The van der Waals surface area contributed by atoms with Crippen LogP contribution in [0.2, 0.25) is 0 Å². The SMILES string of the molecule is Cc1cccc2c1-c1ccc(N(c3ccc(-c4ccccc4-c4ccccc4)cc3)c3ccc(C4CCCCC4)cc3)cc1C2(C)C. The predicted octanol–water partition coefficient (Wildman–Crippen LogP) is 13.2. The molecule has 0 amide bonds. The molecule has 47 heavy (non-hydrogen) atoms. The highest BCUT2D eigenvalue weighted by Gasteiger charge is 2.36. The van der Waals surface area contributed by atoms with E-state index in [-0.39, 0.29) is 5.41 Å². The third-order valence-electron chi connectivity index (χ3n) is 10.8. The number of hydrogen-bond donors (Lipinski definition) is 0. The molecule has 1 nitrogen and oxygen atoms in total. The number of hydrogen-bond acceptors (Lipinski definition) is 1. The van der Waals surface area contributed by atoms with E-state index in [0.29, 0.717) is 5.92 Å².